The smallest absolute Gasteiger partial charge is 0.263 e. The normalized spacial score (nSPS) is 22.9. The Bertz CT molecular complexity index is 502. The number of thiazole rings is 1. The number of nitrogens with one attached hydrogen (secondary N) is 1. The van der Waals surface area contributed by atoms with E-state index in [9.17, 15) is 4.79 Å². The molecule has 1 aliphatic heterocycles. The number of aromatic nitrogens is 1. The molecule has 3 nitrogen and oxygen atoms in total. The first-order valence-electron chi connectivity index (χ1n) is 4.92. The topological polar surface area (TPSA) is 42.0 Å². The Balaban J connectivity index is 1.84. The molecular formula is C10H8N2OS3. The van der Waals surface area contributed by atoms with Crippen molar-refractivity contribution in [3.63, 3.8) is 0 Å². The van der Waals surface area contributed by atoms with Gasteiger partial charge in [0, 0.05) is 11.3 Å². The summed E-state index contributed by atoms with van der Waals surface area (Å²) in [6.07, 6.45) is 4.31. The quantitative estimate of drug-likeness (QED) is 0.661. The molecule has 6 heteroatoms. The molecule has 2 heterocycles. The molecule has 2 fully saturated rings. The van der Waals surface area contributed by atoms with Gasteiger partial charge in [-0.15, -0.1) is 11.3 Å². The van der Waals surface area contributed by atoms with E-state index in [4.69, 9.17) is 12.2 Å². The minimum atomic E-state index is -0.115. The maximum Gasteiger partial charge on any atom is 0.263 e. The minimum absolute atomic E-state index is 0.115. The molecule has 1 aromatic heterocycles. The molecule has 1 N–H and O–H groups in total. The second-order valence-electron chi connectivity index (χ2n) is 3.74. The monoisotopic (exact) mass is 268 g/mol. The van der Waals surface area contributed by atoms with Crippen LogP contribution in [0.4, 0.5) is 0 Å². The average Bonchev–Trinajstić information content (AvgIpc) is 2.91. The van der Waals surface area contributed by atoms with Gasteiger partial charge in [0.15, 0.2) is 0 Å². The predicted octanol–water partition coefficient (Wildman–Crippen LogP) is 2.51. The first-order valence-corrected chi connectivity index (χ1v) is 7.03. The number of carbonyl (C=O) groups excluding carboxylic acids is 1. The fraction of sp³-hybridized carbons (Fsp3) is 0.300. The number of amides is 1. The summed E-state index contributed by atoms with van der Waals surface area (Å²) in [6.45, 7) is 0. The van der Waals surface area contributed by atoms with Gasteiger partial charge in [-0.1, -0.05) is 24.0 Å². The van der Waals surface area contributed by atoms with Crippen molar-refractivity contribution < 1.29 is 4.79 Å². The van der Waals surface area contributed by atoms with Crippen molar-refractivity contribution in [3.8, 4) is 0 Å². The molecule has 0 unspecified atom stereocenters. The van der Waals surface area contributed by atoms with Gasteiger partial charge in [-0.3, -0.25) is 4.79 Å². The summed E-state index contributed by atoms with van der Waals surface area (Å²) in [5, 5.41) is 5.78. The van der Waals surface area contributed by atoms with Crippen LogP contribution in [0.25, 0.3) is 6.08 Å². The van der Waals surface area contributed by atoms with Gasteiger partial charge in [-0.25, -0.2) is 4.98 Å². The van der Waals surface area contributed by atoms with E-state index in [0.717, 1.165) is 5.69 Å². The lowest BCUT2D eigenvalue weighted by Gasteiger charge is -1.89. The third-order valence-electron chi connectivity index (χ3n) is 2.39. The zero-order chi connectivity index (χ0) is 11.1. The van der Waals surface area contributed by atoms with Crippen molar-refractivity contribution in [2.24, 2.45) is 0 Å². The first-order chi connectivity index (χ1) is 7.72. The van der Waals surface area contributed by atoms with Crippen LogP contribution in [0.5, 0.6) is 0 Å². The molecule has 2 aliphatic rings. The Morgan fingerprint density at radius 3 is 3.00 bits per heavy atom. The van der Waals surface area contributed by atoms with Crippen LogP contribution in [0.3, 0.4) is 0 Å². The zero-order valence-corrected chi connectivity index (χ0v) is 10.7. The number of thiocarbonyl (C=S) groups is 1. The number of hydrogen-bond donors (Lipinski definition) is 1. The maximum atomic E-state index is 11.4. The van der Waals surface area contributed by atoms with E-state index < -0.39 is 0 Å². The highest BCUT2D eigenvalue weighted by Crippen LogP contribution is 2.41. The van der Waals surface area contributed by atoms with Crippen LogP contribution in [0.1, 0.15) is 29.5 Å². The highest BCUT2D eigenvalue weighted by atomic mass is 32.2. The predicted molar refractivity (Wildman–Crippen MR) is 70.4 cm³/mol. The number of rotatable bonds is 2. The van der Waals surface area contributed by atoms with Crippen LogP contribution in [-0.2, 0) is 4.79 Å². The van der Waals surface area contributed by atoms with Crippen LogP contribution in [-0.4, -0.2) is 15.2 Å². The Labute approximate surface area is 106 Å². The van der Waals surface area contributed by atoms with Crippen molar-refractivity contribution in [1.29, 1.82) is 0 Å². The van der Waals surface area contributed by atoms with Crippen LogP contribution < -0.4 is 5.32 Å². The number of thioether (sulfide) groups is 1. The van der Waals surface area contributed by atoms with Crippen LogP contribution >= 0.6 is 35.3 Å². The molecule has 0 aromatic carbocycles. The van der Waals surface area contributed by atoms with E-state index in [-0.39, 0.29) is 5.91 Å². The van der Waals surface area contributed by atoms with E-state index >= 15 is 0 Å². The molecule has 0 atom stereocenters. The van der Waals surface area contributed by atoms with Gasteiger partial charge in [0.05, 0.1) is 15.6 Å². The van der Waals surface area contributed by atoms with Gasteiger partial charge in [0.25, 0.3) is 5.91 Å². The van der Waals surface area contributed by atoms with Gasteiger partial charge in [0.1, 0.15) is 4.32 Å². The molecule has 1 aliphatic carbocycles. The summed E-state index contributed by atoms with van der Waals surface area (Å²) >= 11 is 7.89. The third-order valence-corrected chi connectivity index (χ3v) is 4.58. The number of hydrogen-bond acceptors (Lipinski definition) is 5. The molecule has 16 heavy (non-hydrogen) atoms. The van der Waals surface area contributed by atoms with Crippen LogP contribution in [0, 0.1) is 0 Å². The lowest BCUT2D eigenvalue weighted by Crippen LogP contribution is -2.17. The van der Waals surface area contributed by atoms with Gasteiger partial charge in [-0.05, 0) is 18.9 Å². The summed E-state index contributed by atoms with van der Waals surface area (Å²) < 4.78 is 0.522. The summed E-state index contributed by atoms with van der Waals surface area (Å²) in [5.74, 6) is 0.555. The minimum Gasteiger partial charge on any atom is -0.307 e. The summed E-state index contributed by atoms with van der Waals surface area (Å²) in [6, 6.07) is 0. The van der Waals surface area contributed by atoms with Crippen molar-refractivity contribution >= 4 is 51.6 Å². The van der Waals surface area contributed by atoms with Gasteiger partial charge in [0.2, 0.25) is 0 Å². The fourth-order valence-corrected chi connectivity index (χ4v) is 3.42. The van der Waals surface area contributed by atoms with Crippen molar-refractivity contribution in [3.05, 3.63) is 21.0 Å². The highest BCUT2D eigenvalue weighted by molar-refractivity contribution is 8.26. The van der Waals surface area contributed by atoms with Gasteiger partial charge >= 0.3 is 0 Å². The number of nitrogens with zero attached hydrogens (tertiary/aromatic N) is 1. The summed E-state index contributed by atoms with van der Waals surface area (Å²) in [4.78, 5) is 16.6. The van der Waals surface area contributed by atoms with Gasteiger partial charge in [-0.2, -0.15) is 0 Å². The Morgan fingerprint density at radius 1 is 1.56 bits per heavy atom. The van der Waals surface area contributed by atoms with Crippen LogP contribution in [0.15, 0.2) is 10.3 Å². The second kappa shape index (κ2) is 3.94. The van der Waals surface area contributed by atoms with Crippen molar-refractivity contribution in [2.45, 2.75) is 18.8 Å². The first kappa shape index (κ1) is 10.4. The van der Waals surface area contributed by atoms with E-state index in [1.165, 1.54) is 29.6 Å². The highest BCUT2D eigenvalue weighted by Gasteiger charge is 2.27. The van der Waals surface area contributed by atoms with Crippen LogP contribution in [0.2, 0.25) is 0 Å². The van der Waals surface area contributed by atoms with E-state index in [0.29, 0.717) is 15.1 Å². The molecule has 1 saturated heterocycles. The second-order valence-corrected chi connectivity index (χ2v) is 6.35. The molecule has 82 valence electrons. The molecule has 1 amide bonds. The van der Waals surface area contributed by atoms with Crippen molar-refractivity contribution in [2.75, 3.05) is 0 Å². The Morgan fingerprint density at radius 2 is 2.38 bits per heavy atom. The van der Waals surface area contributed by atoms with Crippen molar-refractivity contribution in [1.82, 2.24) is 10.3 Å². The maximum absolute atomic E-state index is 11.4. The fourth-order valence-electron chi connectivity index (χ4n) is 1.44. The summed E-state index contributed by atoms with van der Waals surface area (Å²) in [7, 11) is 0. The Kier molecular flexibility index (Phi) is 2.57. The van der Waals surface area contributed by atoms with E-state index in [1.807, 2.05) is 11.5 Å². The molecule has 1 aromatic rings. The molecule has 0 radical (unpaired) electrons. The SMILES string of the molecule is O=C1NC(=S)SC1=Cc1csc(C2CC2)n1. The van der Waals surface area contributed by atoms with Gasteiger partial charge < -0.3 is 5.32 Å². The molecule has 1 saturated carbocycles. The molecule has 0 bridgehead atoms. The molecule has 3 rings (SSSR count). The largest absolute Gasteiger partial charge is 0.307 e. The zero-order valence-electron chi connectivity index (χ0n) is 8.23. The summed E-state index contributed by atoms with van der Waals surface area (Å²) in [5.41, 5.74) is 0.870. The standard InChI is InChI=1S/C10H8N2OS3/c13-8-7(16-10(14)12-8)3-6-4-15-9(11-6)5-1-2-5/h3-5H,1-2H2,(H,12,13,14). The Hall–Kier alpha value is -0.720. The molecular weight excluding hydrogens is 260 g/mol. The lowest BCUT2D eigenvalue weighted by atomic mass is 10.4. The van der Waals surface area contributed by atoms with E-state index in [1.54, 1.807) is 11.3 Å². The third kappa shape index (κ3) is 2.05. The van der Waals surface area contributed by atoms with E-state index in [2.05, 4.69) is 10.3 Å². The average molecular weight is 268 g/mol. The molecule has 0 spiro atoms. The number of carbonyl (C=O) groups is 1. The lowest BCUT2D eigenvalue weighted by molar-refractivity contribution is -0.115.